The summed E-state index contributed by atoms with van der Waals surface area (Å²) < 4.78 is 0. The van der Waals surface area contributed by atoms with E-state index in [-0.39, 0.29) is 11.9 Å². The van der Waals surface area contributed by atoms with Crippen molar-refractivity contribution in [3.8, 4) is 0 Å². The smallest absolute Gasteiger partial charge is 0.242 e. The van der Waals surface area contributed by atoms with Crippen molar-refractivity contribution in [2.24, 2.45) is 5.92 Å². The third-order valence-electron chi connectivity index (χ3n) is 4.69. The monoisotopic (exact) mass is 301 g/mol. The highest BCUT2D eigenvalue weighted by Crippen LogP contribution is 2.30. The van der Waals surface area contributed by atoms with Gasteiger partial charge < -0.3 is 15.5 Å². The molecule has 0 radical (unpaired) electrons. The molecule has 3 aliphatic rings. The van der Waals surface area contributed by atoms with Crippen molar-refractivity contribution in [2.75, 3.05) is 23.3 Å². The normalized spacial score (nSPS) is 24.4. The van der Waals surface area contributed by atoms with Crippen molar-refractivity contribution < 1.29 is 4.79 Å². The van der Waals surface area contributed by atoms with Crippen molar-refractivity contribution in [3.05, 3.63) is 12.4 Å². The van der Waals surface area contributed by atoms with Crippen molar-refractivity contribution >= 4 is 17.5 Å². The molecule has 2 aliphatic carbocycles. The van der Waals surface area contributed by atoms with Crippen molar-refractivity contribution in [1.82, 2.24) is 15.3 Å². The molecule has 1 atom stereocenters. The van der Waals surface area contributed by atoms with Gasteiger partial charge in [-0.25, -0.2) is 9.97 Å². The fourth-order valence-electron chi connectivity index (χ4n) is 3.01. The molecule has 1 aromatic rings. The molecule has 6 heteroatoms. The van der Waals surface area contributed by atoms with Crippen LogP contribution in [0.2, 0.25) is 0 Å². The predicted molar refractivity (Wildman–Crippen MR) is 84.8 cm³/mol. The minimum absolute atomic E-state index is 0.0771. The molecule has 1 aromatic heterocycles. The number of nitrogens with one attached hydrogen (secondary N) is 2. The topological polar surface area (TPSA) is 70.2 Å². The molecule has 1 saturated heterocycles. The Labute approximate surface area is 130 Å². The van der Waals surface area contributed by atoms with Gasteiger partial charge in [-0.3, -0.25) is 4.79 Å². The lowest BCUT2D eigenvalue weighted by molar-refractivity contribution is -0.122. The van der Waals surface area contributed by atoms with Crippen LogP contribution in [0.5, 0.6) is 0 Å². The molecule has 0 unspecified atom stereocenters. The average Bonchev–Trinajstić information content (AvgIpc) is 3.46. The third-order valence-corrected chi connectivity index (χ3v) is 4.69. The zero-order valence-corrected chi connectivity index (χ0v) is 12.8. The molecule has 2 N–H and O–H groups in total. The second-order valence-electron chi connectivity index (χ2n) is 6.72. The van der Waals surface area contributed by atoms with Crippen LogP contribution >= 0.6 is 0 Å². The Morgan fingerprint density at radius 1 is 1.23 bits per heavy atom. The Balaban J connectivity index is 1.44. The number of hydrogen-bond donors (Lipinski definition) is 2. The lowest BCUT2D eigenvalue weighted by Crippen LogP contribution is -2.44. The van der Waals surface area contributed by atoms with Crippen LogP contribution in [-0.4, -0.2) is 41.0 Å². The molecule has 6 nitrogen and oxygen atoms in total. The summed E-state index contributed by atoms with van der Waals surface area (Å²) in [6.07, 6.45) is 8.44. The van der Waals surface area contributed by atoms with Crippen LogP contribution in [0.1, 0.15) is 38.5 Å². The Hall–Kier alpha value is -1.85. The molecule has 0 bridgehead atoms. The van der Waals surface area contributed by atoms with Crippen LogP contribution in [0.4, 0.5) is 11.6 Å². The first-order chi connectivity index (χ1) is 10.8. The Kier molecular flexibility index (Phi) is 3.60. The average molecular weight is 301 g/mol. The molecule has 3 fully saturated rings. The number of rotatable bonds is 6. The second kappa shape index (κ2) is 5.74. The van der Waals surface area contributed by atoms with Gasteiger partial charge in [0.1, 0.15) is 24.0 Å². The molecular formula is C16H23N5O. The zero-order valence-electron chi connectivity index (χ0n) is 12.8. The molecule has 0 aromatic carbocycles. The standard InChI is InChI=1S/C16H23N5O/c22-16(20-12-5-6-12)13-2-1-7-21(13)15-8-14(18-10-19-15)17-9-11-3-4-11/h8,10-13H,1-7,9H2,(H,20,22)(H,17,18,19)/t13-/m0/s1. The maximum Gasteiger partial charge on any atom is 0.242 e. The SMILES string of the molecule is O=C(NC1CC1)[C@@H]1CCCN1c1cc(NCC2CC2)ncn1. The van der Waals surface area contributed by atoms with Gasteiger partial charge in [0.2, 0.25) is 5.91 Å². The summed E-state index contributed by atoms with van der Waals surface area (Å²) in [5.74, 6) is 2.69. The summed E-state index contributed by atoms with van der Waals surface area (Å²) in [7, 11) is 0. The second-order valence-corrected chi connectivity index (χ2v) is 6.72. The van der Waals surface area contributed by atoms with E-state index in [4.69, 9.17) is 0 Å². The van der Waals surface area contributed by atoms with E-state index in [0.29, 0.717) is 6.04 Å². The maximum atomic E-state index is 12.4. The Morgan fingerprint density at radius 3 is 2.86 bits per heavy atom. The predicted octanol–water partition coefficient (Wildman–Crippen LogP) is 1.55. The van der Waals surface area contributed by atoms with Crippen LogP contribution in [0, 0.1) is 5.92 Å². The van der Waals surface area contributed by atoms with E-state index in [0.717, 1.165) is 56.3 Å². The van der Waals surface area contributed by atoms with Crippen molar-refractivity contribution in [3.63, 3.8) is 0 Å². The Bertz CT molecular complexity index is 555. The first-order valence-electron chi connectivity index (χ1n) is 8.42. The van der Waals surface area contributed by atoms with Gasteiger partial charge in [-0.2, -0.15) is 0 Å². The number of nitrogens with zero attached hydrogens (tertiary/aromatic N) is 3. The molecule has 118 valence electrons. The molecule has 0 spiro atoms. The number of amides is 1. The van der Waals surface area contributed by atoms with E-state index >= 15 is 0 Å². The summed E-state index contributed by atoms with van der Waals surface area (Å²) in [4.78, 5) is 23.2. The van der Waals surface area contributed by atoms with Gasteiger partial charge in [-0.1, -0.05) is 0 Å². The largest absolute Gasteiger partial charge is 0.370 e. The summed E-state index contributed by atoms with van der Waals surface area (Å²) in [5.41, 5.74) is 0. The van der Waals surface area contributed by atoms with Crippen LogP contribution < -0.4 is 15.5 Å². The van der Waals surface area contributed by atoms with E-state index < -0.39 is 0 Å². The van der Waals surface area contributed by atoms with Gasteiger partial charge in [-0.15, -0.1) is 0 Å². The molecule has 2 heterocycles. The van der Waals surface area contributed by atoms with Crippen molar-refractivity contribution in [1.29, 1.82) is 0 Å². The fourth-order valence-corrected chi connectivity index (χ4v) is 3.01. The third kappa shape index (κ3) is 3.15. The minimum atomic E-state index is -0.0771. The van der Waals surface area contributed by atoms with Crippen LogP contribution in [0.3, 0.4) is 0 Å². The quantitative estimate of drug-likeness (QED) is 0.834. The van der Waals surface area contributed by atoms with Gasteiger partial charge in [-0.05, 0) is 44.4 Å². The summed E-state index contributed by atoms with van der Waals surface area (Å²) in [5, 5.41) is 6.50. The molecule has 4 rings (SSSR count). The number of anilines is 2. The fraction of sp³-hybridized carbons (Fsp3) is 0.688. The van der Waals surface area contributed by atoms with Gasteiger partial charge in [0.15, 0.2) is 0 Å². The molecule has 2 saturated carbocycles. The Morgan fingerprint density at radius 2 is 2.09 bits per heavy atom. The lowest BCUT2D eigenvalue weighted by atomic mass is 10.2. The first-order valence-corrected chi connectivity index (χ1v) is 8.42. The van der Waals surface area contributed by atoms with Gasteiger partial charge in [0, 0.05) is 25.2 Å². The van der Waals surface area contributed by atoms with Crippen LogP contribution in [-0.2, 0) is 4.79 Å². The van der Waals surface area contributed by atoms with Gasteiger partial charge >= 0.3 is 0 Å². The van der Waals surface area contributed by atoms with Gasteiger partial charge in [0.25, 0.3) is 0 Å². The highest BCUT2D eigenvalue weighted by Gasteiger charge is 2.34. The van der Waals surface area contributed by atoms with E-state index in [1.807, 2.05) is 6.07 Å². The number of aromatic nitrogens is 2. The van der Waals surface area contributed by atoms with E-state index in [2.05, 4.69) is 25.5 Å². The molecule has 1 amide bonds. The summed E-state index contributed by atoms with van der Waals surface area (Å²) in [6, 6.07) is 2.31. The van der Waals surface area contributed by atoms with Crippen LogP contribution in [0.25, 0.3) is 0 Å². The lowest BCUT2D eigenvalue weighted by Gasteiger charge is -2.25. The minimum Gasteiger partial charge on any atom is -0.370 e. The molecular weight excluding hydrogens is 278 g/mol. The first kappa shape index (κ1) is 13.8. The molecule has 22 heavy (non-hydrogen) atoms. The number of carbonyl (C=O) groups is 1. The van der Waals surface area contributed by atoms with Gasteiger partial charge in [0.05, 0.1) is 0 Å². The van der Waals surface area contributed by atoms with E-state index in [1.165, 1.54) is 12.8 Å². The summed E-state index contributed by atoms with van der Waals surface area (Å²) in [6.45, 7) is 1.88. The maximum absolute atomic E-state index is 12.4. The zero-order chi connectivity index (χ0) is 14.9. The summed E-state index contributed by atoms with van der Waals surface area (Å²) >= 11 is 0. The number of carbonyl (C=O) groups excluding carboxylic acids is 1. The molecule has 1 aliphatic heterocycles. The van der Waals surface area contributed by atoms with Crippen molar-refractivity contribution in [2.45, 2.75) is 50.6 Å². The van der Waals surface area contributed by atoms with E-state index in [1.54, 1.807) is 6.33 Å². The highest BCUT2D eigenvalue weighted by molar-refractivity contribution is 5.86. The highest BCUT2D eigenvalue weighted by atomic mass is 16.2. The van der Waals surface area contributed by atoms with E-state index in [9.17, 15) is 4.79 Å². The number of hydrogen-bond acceptors (Lipinski definition) is 5. The van der Waals surface area contributed by atoms with Crippen LogP contribution in [0.15, 0.2) is 12.4 Å².